The number of aromatic nitrogens is 2. The van der Waals surface area contributed by atoms with Gasteiger partial charge in [0.05, 0.1) is 23.9 Å². The molecule has 0 bridgehead atoms. The highest BCUT2D eigenvalue weighted by atomic mass is 32.1. The number of nitrogens with zero attached hydrogens (tertiary/aromatic N) is 2. The number of hydrogen-bond donors (Lipinski definition) is 1. The zero-order valence-corrected chi connectivity index (χ0v) is 11.6. The van der Waals surface area contributed by atoms with Gasteiger partial charge in [0.1, 0.15) is 0 Å². The topological polar surface area (TPSA) is 38.0 Å². The molecule has 96 valence electrons. The molecule has 1 unspecified atom stereocenters. The van der Waals surface area contributed by atoms with Crippen molar-refractivity contribution in [1.29, 1.82) is 0 Å². The van der Waals surface area contributed by atoms with E-state index in [-0.39, 0.29) is 6.10 Å². The summed E-state index contributed by atoms with van der Waals surface area (Å²) >= 11 is 1.71. The Kier molecular flexibility index (Phi) is 2.99. The Hall–Kier alpha value is -1.13. The molecule has 4 heteroatoms. The van der Waals surface area contributed by atoms with Gasteiger partial charge in [0.25, 0.3) is 0 Å². The Balaban J connectivity index is 2.00. The molecule has 1 N–H and O–H groups in total. The van der Waals surface area contributed by atoms with Gasteiger partial charge in [-0.1, -0.05) is 0 Å². The molecule has 2 aromatic heterocycles. The van der Waals surface area contributed by atoms with Crippen molar-refractivity contribution in [1.82, 2.24) is 9.55 Å². The van der Waals surface area contributed by atoms with Gasteiger partial charge in [-0.05, 0) is 39.2 Å². The molecule has 0 aliphatic heterocycles. The molecule has 0 aromatic carbocycles. The molecule has 1 aliphatic rings. The Morgan fingerprint density at radius 2 is 2.33 bits per heavy atom. The van der Waals surface area contributed by atoms with Crippen LogP contribution in [0.3, 0.4) is 0 Å². The van der Waals surface area contributed by atoms with Crippen molar-refractivity contribution in [2.24, 2.45) is 0 Å². The summed E-state index contributed by atoms with van der Waals surface area (Å²) in [6, 6.07) is 2.15. The molecule has 1 aliphatic carbocycles. The van der Waals surface area contributed by atoms with Gasteiger partial charge in [-0.2, -0.15) is 0 Å². The van der Waals surface area contributed by atoms with Crippen LogP contribution in [0.2, 0.25) is 0 Å². The van der Waals surface area contributed by atoms with E-state index in [0.29, 0.717) is 0 Å². The second-order valence-electron chi connectivity index (χ2n) is 5.04. The van der Waals surface area contributed by atoms with E-state index in [2.05, 4.69) is 29.5 Å². The maximum atomic E-state index is 10.1. The van der Waals surface area contributed by atoms with Gasteiger partial charge in [-0.15, -0.1) is 11.3 Å². The van der Waals surface area contributed by atoms with E-state index < -0.39 is 0 Å². The molecule has 0 saturated carbocycles. The summed E-state index contributed by atoms with van der Waals surface area (Å²) in [6.07, 6.45) is 2.80. The lowest BCUT2D eigenvalue weighted by Gasteiger charge is -2.20. The second-order valence-corrected chi connectivity index (χ2v) is 5.98. The molecule has 0 fully saturated rings. The predicted octanol–water partition coefficient (Wildman–Crippen LogP) is 2.98. The third-order valence-corrected chi connectivity index (χ3v) is 4.77. The minimum Gasteiger partial charge on any atom is -0.388 e. The first-order valence-electron chi connectivity index (χ1n) is 6.42. The number of thiazole rings is 1. The molecule has 3 rings (SSSR count). The Morgan fingerprint density at radius 1 is 1.50 bits per heavy atom. The standard InChI is InChI=1S/C14H18N2OS/c1-9-6-11-12(4-3-5-13(11)17)16(9)7-14-10(2)15-8-18-14/h6,8,13,17H,3-5,7H2,1-2H3. The maximum Gasteiger partial charge on any atom is 0.0807 e. The van der Waals surface area contributed by atoms with Crippen LogP contribution in [0, 0.1) is 13.8 Å². The predicted molar refractivity (Wildman–Crippen MR) is 73.0 cm³/mol. The molecule has 3 nitrogen and oxygen atoms in total. The van der Waals surface area contributed by atoms with E-state index >= 15 is 0 Å². The lowest BCUT2D eigenvalue weighted by atomic mass is 9.95. The van der Waals surface area contributed by atoms with Gasteiger partial charge >= 0.3 is 0 Å². The van der Waals surface area contributed by atoms with Gasteiger partial charge in [0.2, 0.25) is 0 Å². The molecule has 0 saturated heterocycles. The highest BCUT2D eigenvalue weighted by Gasteiger charge is 2.23. The summed E-state index contributed by atoms with van der Waals surface area (Å²) in [4.78, 5) is 5.63. The first-order valence-corrected chi connectivity index (χ1v) is 7.30. The van der Waals surface area contributed by atoms with Gasteiger partial charge in [0, 0.05) is 21.8 Å². The van der Waals surface area contributed by atoms with Crippen LogP contribution in [0.15, 0.2) is 11.6 Å². The summed E-state index contributed by atoms with van der Waals surface area (Å²) < 4.78 is 2.35. The van der Waals surface area contributed by atoms with Crippen molar-refractivity contribution in [2.45, 2.75) is 45.8 Å². The fourth-order valence-electron chi connectivity index (χ4n) is 2.78. The van der Waals surface area contributed by atoms with E-state index in [9.17, 15) is 5.11 Å². The monoisotopic (exact) mass is 262 g/mol. The number of aliphatic hydroxyl groups excluding tert-OH is 1. The zero-order chi connectivity index (χ0) is 12.7. The van der Waals surface area contributed by atoms with Gasteiger partial charge in [-0.25, -0.2) is 4.98 Å². The Bertz CT molecular complexity index is 570. The quantitative estimate of drug-likeness (QED) is 0.903. The van der Waals surface area contributed by atoms with Crippen molar-refractivity contribution in [3.63, 3.8) is 0 Å². The van der Waals surface area contributed by atoms with Crippen molar-refractivity contribution >= 4 is 11.3 Å². The third-order valence-electron chi connectivity index (χ3n) is 3.85. The first kappa shape index (κ1) is 11.9. The number of rotatable bonds is 2. The molecular formula is C14H18N2OS. The highest BCUT2D eigenvalue weighted by Crippen LogP contribution is 2.33. The van der Waals surface area contributed by atoms with Crippen molar-refractivity contribution in [2.75, 3.05) is 0 Å². The highest BCUT2D eigenvalue weighted by molar-refractivity contribution is 7.09. The average Bonchev–Trinajstić information content (AvgIpc) is 2.87. The lowest BCUT2D eigenvalue weighted by Crippen LogP contribution is -2.13. The maximum absolute atomic E-state index is 10.1. The average molecular weight is 262 g/mol. The number of aliphatic hydroxyl groups is 1. The summed E-state index contributed by atoms with van der Waals surface area (Å²) in [5, 5.41) is 10.1. The van der Waals surface area contributed by atoms with E-state index in [1.807, 2.05) is 5.51 Å². The van der Waals surface area contributed by atoms with Gasteiger partial charge in [-0.3, -0.25) is 0 Å². The number of hydrogen-bond acceptors (Lipinski definition) is 3. The lowest BCUT2D eigenvalue weighted by molar-refractivity contribution is 0.156. The molecule has 0 radical (unpaired) electrons. The number of aryl methyl sites for hydroxylation is 2. The Labute approximate surface area is 111 Å². The van der Waals surface area contributed by atoms with Crippen molar-refractivity contribution in [3.8, 4) is 0 Å². The fraction of sp³-hybridized carbons (Fsp3) is 0.500. The smallest absolute Gasteiger partial charge is 0.0807 e. The van der Waals surface area contributed by atoms with Crippen molar-refractivity contribution in [3.05, 3.63) is 39.1 Å². The van der Waals surface area contributed by atoms with Crippen LogP contribution in [0.25, 0.3) is 0 Å². The third kappa shape index (κ3) is 1.89. The second kappa shape index (κ2) is 4.52. The molecule has 0 spiro atoms. The molecule has 2 aromatic rings. The molecule has 2 heterocycles. The first-order chi connectivity index (χ1) is 8.66. The van der Waals surface area contributed by atoms with Gasteiger partial charge < -0.3 is 9.67 Å². The SMILES string of the molecule is Cc1ncsc1Cn1c(C)cc2c1CCCC2O. The van der Waals surface area contributed by atoms with Crippen LogP contribution in [0.5, 0.6) is 0 Å². The Morgan fingerprint density at radius 3 is 3.06 bits per heavy atom. The minimum atomic E-state index is -0.267. The molecule has 0 amide bonds. The summed E-state index contributed by atoms with van der Waals surface area (Å²) in [6.45, 7) is 5.08. The summed E-state index contributed by atoms with van der Waals surface area (Å²) in [7, 11) is 0. The van der Waals surface area contributed by atoms with Crippen LogP contribution in [0.4, 0.5) is 0 Å². The van der Waals surface area contributed by atoms with Crippen LogP contribution >= 0.6 is 11.3 Å². The zero-order valence-electron chi connectivity index (χ0n) is 10.8. The fourth-order valence-corrected chi connectivity index (χ4v) is 3.55. The van der Waals surface area contributed by atoms with Crippen LogP contribution in [-0.2, 0) is 13.0 Å². The van der Waals surface area contributed by atoms with E-state index in [1.165, 1.54) is 16.3 Å². The van der Waals surface area contributed by atoms with Crippen molar-refractivity contribution < 1.29 is 5.11 Å². The van der Waals surface area contributed by atoms with E-state index in [4.69, 9.17) is 0 Å². The minimum absolute atomic E-state index is 0.267. The normalized spacial score (nSPS) is 18.9. The molecular weight excluding hydrogens is 244 g/mol. The summed E-state index contributed by atoms with van der Waals surface area (Å²) in [5.41, 5.74) is 6.73. The largest absolute Gasteiger partial charge is 0.388 e. The molecule has 1 atom stereocenters. The summed E-state index contributed by atoms with van der Waals surface area (Å²) in [5.74, 6) is 0. The van der Waals surface area contributed by atoms with Gasteiger partial charge in [0.15, 0.2) is 0 Å². The van der Waals surface area contributed by atoms with Crippen LogP contribution in [0.1, 0.15) is 46.5 Å². The molecule has 18 heavy (non-hydrogen) atoms. The van der Waals surface area contributed by atoms with E-state index in [0.717, 1.165) is 37.1 Å². The number of fused-ring (bicyclic) bond motifs is 1. The van der Waals surface area contributed by atoms with Crippen LogP contribution in [-0.4, -0.2) is 14.7 Å². The van der Waals surface area contributed by atoms with E-state index in [1.54, 1.807) is 11.3 Å². The van der Waals surface area contributed by atoms with Crippen LogP contribution < -0.4 is 0 Å².